The lowest BCUT2D eigenvalue weighted by atomic mass is 10.0. The zero-order chi connectivity index (χ0) is 28.6. The lowest BCUT2D eigenvalue weighted by Crippen LogP contribution is -2.33. The molecule has 1 aliphatic carbocycles. The number of carbonyl (C=O) groups excluding carboxylic acids is 1. The third kappa shape index (κ3) is 4.26. The van der Waals surface area contributed by atoms with Crippen molar-refractivity contribution < 1.29 is 26.5 Å². The molecule has 12 heteroatoms. The first-order valence-corrected chi connectivity index (χ1v) is 15.3. The van der Waals surface area contributed by atoms with E-state index in [9.17, 15) is 22.0 Å². The summed E-state index contributed by atoms with van der Waals surface area (Å²) in [6, 6.07) is 8.61. The summed E-state index contributed by atoms with van der Waals surface area (Å²) in [7, 11) is -3.35. The topological polar surface area (TPSA) is 102 Å². The predicted octanol–water partition coefficient (Wildman–Crippen LogP) is 5.19. The molecule has 7 rings (SSSR count). The Kier molecular flexibility index (Phi) is 6.06. The van der Waals surface area contributed by atoms with Crippen LogP contribution < -0.4 is 4.90 Å². The Labute approximate surface area is 235 Å². The second-order valence-corrected chi connectivity index (χ2v) is 13.4. The van der Waals surface area contributed by atoms with Crippen molar-refractivity contribution in [2.45, 2.75) is 63.3 Å². The highest BCUT2D eigenvalue weighted by atomic mass is 32.2. The smallest absolute Gasteiger partial charge is 0.227 e. The third-order valence-electron chi connectivity index (χ3n) is 8.53. The van der Waals surface area contributed by atoms with Gasteiger partial charge in [-0.05, 0) is 69.4 Å². The van der Waals surface area contributed by atoms with Gasteiger partial charge in [0.05, 0.1) is 34.1 Å². The van der Waals surface area contributed by atoms with Crippen LogP contribution in [0.3, 0.4) is 0 Å². The molecule has 3 aliphatic rings. The summed E-state index contributed by atoms with van der Waals surface area (Å²) in [5, 5.41) is 3.78. The van der Waals surface area contributed by atoms with Crippen LogP contribution in [0.2, 0.25) is 0 Å². The number of hydrogen-bond donors (Lipinski definition) is 0. The molecular formula is C29H29F2N5O4S. The number of nitrogens with zero attached hydrogens (tertiary/aromatic N) is 5. The van der Waals surface area contributed by atoms with Gasteiger partial charge in [0.1, 0.15) is 11.6 Å². The number of carbonyl (C=O) groups is 1. The molecule has 214 valence electrons. The first kappa shape index (κ1) is 26.3. The van der Waals surface area contributed by atoms with E-state index in [0.717, 1.165) is 34.5 Å². The predicted molar refractivity (Wildman–Crippen MR) is 148 cm³/mol. The van der Waals surface area contributed by atoms with Crippen molar-refractivity contribution in [2.24, 2.45) is 0 Å². The van der Waals surface area contributed by atoms with Crippen LogP contribution in [-0.2, 0) is 14.8 Å². The lowest BCUT2D eigenvalue weighted by molar-refractivity contribution is -0.117. The zero-order valence-electron chi connectivity index (χ0n) is 22.7. The van der Waals surface area contributed by atoms with Crippen molar-refractivity contribution in [3.8, 4) is 11.1 Å². The van der Waals surface area contributed by atoms with Crippen molar-refractivity contribution >= 4 is 32.7 Å². The maximum absolute atomic E-state index is 14.2. The summed E-state index contributed by atoms with van der Waals surface area (Å²) >= 11 is 0. The number of aromatic nitrogens is 3. The van der Waals surface area contributed by atoms with Crippen molar-refractivity contribution in [2.75, 3.05) is 18.0 Å². The van der Waals surface area contributed by atoms with E-state index in [1.165, 1.54) is 11.0 Å². The summed E-state index contributed by atoms with van der Waals surface area (Å²) in [4.78, 5) is 19.6. The molecule has 4 heterocycles. The first-order chi connectivity index (χ1) is 19.6. The number of fused-ring (bicyclic) bond motifs is 1. The summed E-state index contributed by atoms with van der Waals surface area (Å²) in [5.74, 6) is -0.944. The van der Waals surface area contributed by atoms with E-state index >= 15 is 0 Å². The number of aryl methyl sites for hydroxylation is 2. The number of sulfonamides is 1. The molecule has 0 N–H and O–H groups in total. The maximum atomic E-state index is 14.2. The lowest BCUT2D eigenvalue weighted by Gasteiger charge is -2.27. The molecule has 2 saturated heterocycles. The summed E-state index contributed by atoms with van der Waals surface area (Å²) in [5.41, 5.74) is 4.28. The van der Waals surface area contributed by atoms with Crippen LogP contribution in [0.4, 0.5) is 14.5 Å². The highest BCUT2D eigenvalue weighted by molar-refractivity contribution is 7.90. The molecule has 9 nitrogen and oxygen atoms in total. The number of imidazole rings is 1. The normalized spacial score (nSPS) is 22.0. The average Bonchev–Trinajstić information content (AvgIpc) is 3.24. The van der Waals surface area contributed by atoms with Gasteiger partial charge in [0.2, 0.25) is 15.9 Å². The number of benzene rings is 2. The van der Waals surface area contributed by atoms with E-state index in [4.69, 9.17) is 9.51 Å². The summed E-state index contributed by atoms with van der Waals surface area (Å²) in [6.45, 7) is 4.45. The Hall–Kier alpha value is -3.64. The second kappa shape index (κ2) is 9.45. The van der Waals surface area contributed by atoms with Crippen LogP contribution >= 0.6 is 0 Å². The fourth-order valence-corrected chi connectivity index (χ4v) is 8.30. The van der Waals surface area contributed by atoms with Crippen LogP contribution in [0.1, 0.15) is 61.5 Å². The summed E-state index contributed by atoms with van der Waals surface area (Å²) in [6.07, 6.45) is 2.65. The van der Waals surface area contributed by atoms with Crippen molar-refractivity contribution in [1.29, 1.82) is 0 Å². The number of amides is 1. The van der Waals surface area contributed by atoms with Gasteiger partial charge < -0.3 is 14.0 Å². The van der Waals surface area contributed by atoms with E-state index in [0.29, 0.717) is 55.9 Å². The molecule has 2 aromatic carbocycles. The van der Waals surface area contributed by atoms with Crippen LogP contribution in [0.5, 0.6) is 0 Å². The Balaban J connectivity index is 1.36. The van der Waals surface area contributed by atoms with Crippen LogP contribution in [-0.4, -0.2) is 51.7 Å². The van der Waals surface area contributed by atoms with Crippen molar-refractivity contribution in [3.05, 3.63) is 65.3 Å². The van der Waals surface area contributed by atoms with E-state index in [1.807, 2.05) is 32.0 Å². The minimum Gasteiger partial charge on any atom is -0.361 e. The van der Waals surface area contributed by atoms with Gasteiger partial charge in [-0.2, -0.15) is 4.31 Å². The van der Waals surface area contributed by atoms with Crippen molar-refractivity contribution in [1.82, 2.24) is 19.0 Å². The standard InChI is InChI=1S/C29H29F2N5O4S/c1-16-28(17(2)40-33-16)18-3-8-25-24(13-18)32-29(36(25)20-11-12-34(15-20)41(38,39)21-5-6-21)26-9-10-27(37)35(26)19-4-7-22(30)23(31)14-19/h3-4,7-8,13-14,20-21,26H,5-6,9-12,15H2,1-2H3/t20-,26+/m1/s1. The minimum absolute atomic E-state index is 0.198. The monoisotopic (exact) mass is 581 g/mol. The Morgan fingerprint density at radius 3 is 2.51 bits per heavy atom. The van der Waals surface area contributed by atoms with Crippen LogP contribution in [0, 0.1) is 25.5 Å². The van der Waals surface area contributed by atoms with Gasteiger partial charge in [-0.15, -0.1) is 0 Å². The van der Waals surface area contributed by atoms with E-state index in [-0.39, 0.29) is 29.3 Å². The van der Waals surface area contributed by atoms with Gasteiger partial charge in [-0.3, -0.25) is 4.79 Å². The van der Waals surface area contributed by atoms with E-state index < -0.39 is 27.7 Å². The number of hydrogen-bond acceptors (Lipinski definition) is 6. The molecule has 41 heavy (non-hydrogen) atoms. The molecule has 0 bridgehead atoms. The molecule has 0 unspecified atom stereocenters. The average molecular weight is 582 g/mol. The molecular weight excluding hydrogens is 552 g/mol. The number of rotatable bonds is 6. The van der Waals surface area contributed by atoms with Gasteiger partial charge in [-0.1, -0.05) is 11.2 Å². The Bertz CT molecular complexity index is 1790. The maximum Gasteiger partial charge on any atom is 0.227 e. The Morgan fingerprint density at radius 2 is 1.80 bits per heavy atom. The molecule has 2 atom stereocenters. The largest absolute Gasteiger partial charge is 0.361 e. The SMILES string of the molecule is Cc1noc(C)c1-c1ccc2c(c1)nc([C@@H]1CCC(=O)N1c1ccc(F)c(F)c1)n2[C@@H]1CCN(S(=O)(=O)C2CC2)C1. The van der Waals surface area contributed by atoms with Gasteiger partial charge >= 0.3 is 0 Å². The quantitative estimate of drug-likeness (QED) is 0.311. The van der Waals surface area contributed by atoms with Gasteiger partial charge in [0.25, 0.3) is 0 Å². The molecule has 0 radical (unpaired) electrons. The fraction of sp³-hybridized carbons (Fsp3) is 0.414. The van der Waals surface area contributed by atoms with Gasteiger partial charge in [0, 0.05) is 36.8 Å². The van der Waals surface area contributed by atoms with Crippen LogP contribution in [0.25, 0.3) is 22.2 Å². The molecule has 4 aromatic rings. The van der Waals surface area contributed by atoms with Crippen LogP contribution in [0.15, 0.2) is 40.9 Å². The molecule has 0 spiro atoms. The minimum atomic E-state index is -3.35. The molecule has 2 aromatic heterocycles. The second-order valence-electron chi connectivity index (χ2n) is 11.2. The van der Waals surface area contributed by atoms with E-state index in [2.05, 4.69) is 9.72 Å². The highest BCUT2D eigenvalue weighted by Crippen LogP contribution is 2.42. The zero-order valence-corrected chi connectivity index (χ0v) is 23.5. The van der Waals surface area contributed by atoms with E-state index in [1.54, 1.807) is 4.31 Å². The molecule has 3 fully saturated rings. The summed E-state index contributed by atoms with van der Waals surface area (Å²) < 4.78 is 63.1. The van der Waals surface area contributed by atoms with Gasteiger partial charge in [0.15, 0.2) is 11.6 Å². The number of anilines is 1. The third-order valence-corrected chi connectivity index (χ3v) is 10.9. The van der Waals surface area contributed by atoms with Gasteiger partial charge in [-0.25, -0.2) is 22.2 Å². The molecule has 1 amide bonds. The number of halogens is 2. The highest BCUT2D eigenvalue weighted by Gasteiger charge is 2.44. The Morgan fingerprint density at radius 1 is 1.00 bits per heavy atom. The molecule has 2 aliphatic heterocycles. The fourth-order valence-electron chi connectivity index (χ4n) is 6.40. The first-order valence-electron chi connectivity index (χ1n) is 13.8. The van der Waals surface area contributed by atoms with Crippen molar-refractivity contribution in [3.63, 3.8) is 0 Å². The molecule has 1 saturated carbocycles.